The van der Waals surface area contributed by atoms with Crippen LogP contribution in [-0.4, -0.2) is 48.9 Å². The van der Waals surface area contributed by atoms with Gasteiger partial charge in [-0.1, -0.05) is 35.9 Å². The van der Waals surface area contributed by atoms with Crippen molar-refractivity contribution in [3.63, 3.8) is 0 Å². The number of hydrogen-bond acceptors (Lipinski definition) is 3. The lowest BCUT2D eigenvalue weighted by Gasteiger charge is -2.37. The summed E-state index contributed by atoms with van der Waals surface area (Å²) in [5, 5.41) is 2.57. The zero-order valence-electron chi connectivity index (χ0n) is 15.0. The van der Waals surface area contributed by atoms with E-state index >= 15 is 0 Å². The molecule has 0 aliphatic carbocycles. The van der Waals surface area contributed by atoms with Gasteiger partial charge in [0, 0.05) is 31.9 Å². The number of nitrogens with zero attached hydrogens (tertiary/aromatic N) is 2. The minimum absolute atomic E-state index is 0.0172. The molecule has 2 aromatic carbocycles. The van der Waals surface area contributed by atoms with E-state index in [1.54, 1.807) is 11.8 Å². The lowest BCUT2D eigenvalue weighted by molar-refractivity contribution is -0.133. The zero-order valence-corrected chi connectivity index (χ0v) is 15.7. The summed E-state index contributed by atoms with van der Waals surface area (Å²) in [6.07, 6.45) is 0. The highest BCUT2D eigenvalue weighted by atomic mass is 35.5. The molecule has 1 N–H and O–H groups in total. The largest absolute Gasteiger partial charge is 0.368 e. The van der Waals surface area contributed by atoms with E-state index < -0.39 is 17.8 Å². The van der Waals surface area contributed by atoms with Gasteiger partial charge in [-0.2, -0.15) is 0 Å². The van der Waals surface area contributed by atoms with Crippen LogP contribution in [0.5, 0.6) is 0 Å². The summed E-state index contributed by atoms with van der Waals surface area (Å²) >= 11 is 5.91. The summed E-state index contributed by atoms with van der Waals surface area (Å²) < 4.78 is 13.9. The second-order valence-corrected chi connectivity index (χ2v) is 6.85. The maximum atomic E-state index is 13.9. The lowest BCUT2D eigenvalue weighted by Crippen LogP contribution is -2.54. The van der Waals surface area contributed by atoms with Gasteiger partial charge < -0.3 is 15.1 Å². The van der Waals surface area contributed by atoms with Crippen LogP contribution in [-0.2, 0) is 4.79 Å². The molecule has 0 bridgehead atoms. The van der Waals surface area contributed by atoms with E-state index in [1.807, 2.05) is 30.3 Å². The number of nitrogens with one attached hydrogen (secondary N) is 1. The van der Waals surface area contributed by atoms with Crippen LogP contribution >= 0.6 is 11.6 Å². The van der Waals surface area contributed by atoms with Crippen molar-refractivity contribution < 1.29 is 14.0 Å². The van der Waals surface area contributed by atoms with Crippen LogP contribution in [0.15, 0.2) is 48.5 Å². The van der Waals surface area contributed by atoms with Crippen molar-refractivity contribution >= 4 is 29.1 Å². The summed E-state index contributed by atoms with van der Waals surface area (Å²) in [4.78, 5) is 28.9. The number of hydrogen-bond donors (Lipinski definition) is 1. The smallest absolute Gasteiger partial charge is 0.256 e. The highest BCUT2D eigenvalue weighted by Crippen LogP contribution is 2.19. The van der Waals surface area contributed by atoms with Crippen LogP contribution in [0.25, 0.3) is 0 Å². The molecule has 0 spiro atoms. The molecule has 27 heavy (non-hydrogen) atoms. The monoisotopic (exact) mass is 389 g/mol. The fourth-order valence-electron chi connectivity index (χ4n) is 3.14. The minimum Gasteiger partial charge on any atom is -0.368 e. The Bertz CT molecular complexity index is 803. The Labute approximate surface area is 162 Å². The Hall–Kier alpha value is -2.60. The first-order chi connectivity index (χ1) is 13.0. The summed E-state index contributed by atoms with van der Waals surface area (Å²) in [5.41, 5.74) is 0.882. The zero-order chi connectivity index (χ0) is 19.4. The molecule has 2 amide bonds. The van der Waals surface area contributed by atoms with Gasteiger partial charge in [0.05, 0.1) is 10.6 Å². The van der Waals surface area contributed by atoms with Crippen molar-refractivity contribution in [1.82, 2.24) is 10.2 Å². The molecule has 7 heteroatoms. The van der Waals surface area contributed by atoms with Crippen molar-refractivity contribution in [3.8, 4) is 0 Å². The maximum absolute atomic E-state index is 13.9. The van der Waals surface area contributed by atoms with Crippen LogP contribution in [0.1, 0.15) is 17.3 Å². The topological polar surface area (TPSA) is 52.7 Å². The number of amides is 2. The van der Waals surface area contributed by atoms with Crippen LogP contribution in [0.4, 0.5) is 10.1 Å². The summed E-state index contributed by atoms with van der Waals surface area (Å²) in [6.45, 7) is 4.16. The third kappa shape index (κ3) is 4.39. The second-order valence-electron chi connectivity index (χ2n) is 6.44. The van der Waals surface area contributed by atoms with Crippen LogP contribution in [0.2, 0.25) is 5.02 Å². The van der Waals surface area contributed by atoms with Crippen LogP contribution in [0.3, 0.4) is 0 Å². The van der Waals surface area contributed by atoms with Gasteiger partial charge in [-0.3, -0.25) is 9.59 Å². The van der Waals surface area contributed by atoms with Gasteiger partial charge >= 0.3 is 0 Å². The SMILES string of the molecule is C[C@@H](NC(=O)c1c(F)cccc1Cl)C(=O)N1CCN(c2ccccc2)CC1. The van der Waals surface area contributed by atoms with E-state index in [4.69, 9.17) is 11.6 Å². The average Bonchev–Trinajstić information content (AvgIpc) is 2.68. The molecule has 0 radical (unpaired) electrons. The Morgan fingerprint density at radius 3 is 2.33 bits per heavy atom. The molecule has 3 rings (SSSR count). The van der Waals surface area contributed by atoms with Gasteiger partial charge in [0.15, 0.2) is 0 Å². The molecule has 1 saturated heterocycles. The molecule has 0 unspecified atom stereocenters. The summed E-state index contributed by atoms with van der Waals surface area (Å²) in [6, 6.07) is 13.3. The van der Waals surface area contributed by atoms with Crippen LogP contribution < -0.4 is 10.2 Å². The van der Waals surface area contributed by atoms with E-state index in [-0.39, 0.29) is 16.5 Å². The molecule has 1 heterocycles. The number of anilines is 1. The highest BCUT2D eigenvalue weighted by molar-refractivity contribution is 6.33. The van der Waals surface area contributed by atoms with Gasteiger partial charge in [0.1, 0.15) is 11.9 Å². The Morgan fingerprint density at radius 2 is 1.70 bits per heavy atom. The predicted molar refractivity (Wildman–Crippen MR) is 104 cm³/mol. The molecule has 0 aromatic heterocycles. The first-order valence-corrected chi connectivity index (χ1v) is 9.19. The molecule has 5 nitrogen and oxygen atoms in total. The molecule has 2 aromatic rings. The standard InChI is InChI=1S/C20H21ClFN3O2/c1-14(23-19(26)18-16(21)8-5-9-17(18)22)20(27)25-12-10-24(11-13-25)15-6-3-2-4-7-15/h2-9,14H,10-13H2,1H3,(H,23,26)/t14-/m1/s1. The Kier molecular flexibility index (Phi) is 5.96. The quantitative estimate of drug-likeness (QED) is 0.874. The Balaban J connectivity index is 1.57. The molecular weight excluding hydrogens is 369 g/mol. The molecule has 1 aliphatic heterocycles. The van der Waals surface area contributed by atoms with E-state index in [1.165, 1.54) is 12.1 Å². The first kappa shape index (κ1) is 19.2. The fourth-order valence-corrected chi connectivity index (χ4v) is 3.39. The summed E-state index contributed by atoms with van der Waals surface area (Å²) in [5.74, 6) is -1.60. The third-order valence-electron chi connectivity index (χ3n) is 4.62. The third-order valence-corrected chi connectivity index (χ3v) is 4.94. The van der Waals surface area contributed by atoms with E-state index in [2.05, 4.69) is 10.2 Å². The molecule has 0 saturated carbocycles. The van der Waals surface area contributed by atoms with E-state index in [9.17, 15) is 14.0 Å². The van der Waals surface area contributed by atoms with Crippen molar-refractivity contribution in [2.24, 2.45) is 0 Å². The first-order valence-electron chi connectivity index (χ1n) is 8.81. The van der Waals surface area contributed by atoms with Gasteiger partial charge in [0.2, 0.25) is 5.91 Å². The molecule has 142 valence electrons. The molecule has 1 aliphatic rings. The normalized spacial score (nSPS) is 15.4. The maximum Gasteiger partial charge on any atom is 0.256 e. The summed E-state index contributed by atoms with van der Waals surface area (Å²) in [7, 11) is 0. The number of para-hydroxylation sites is 1. The minimum atomic E-state index is -0.767. The lowest BCUT2D eigenvalue weighted by atomic mass is 10.1. The predicted octanol–water partition coefficient (Wildman–Crippen LogP) is 2.95. The van der Waals surface area contributed by atoms with Gasteiger partial charge in [-0.15, -0.1) is 0 Å². The van der Waals surface area contributed by atoms with Crippen molar-refractivity contribution in [3.05, 3.63) is 64.9 Å². The fraction of sp³-hybridized carbons (Fsp3) is 0.300. The van der Waals surface area contributed by atoms with Crippen LogP contribution in [0, 0.1) is 5.82 Å². The number of carbonyl (C=O) groups excluding carboxylic acids is 2. The van der Waals surface area contributed by atoms with Crippen molar-refractivity contribution in [2.45, 2.75) is 13.0 Å². The van der Waals surface area contributed by atoms with E-state index in [0.29, 0.717) is 13.1 Å². The van der Waals surface area contributed by atoms with Gasteiger partial charge in [-0.25, -0.2) is 4.39 Å². The second kappa shape index (κ2) is 8.39. The number of carbonyl (C=O) groups is 2. The van der Waals surface area contributed by atoms with E-state index in [0.717, 1.165) is 24.8 Å². The van der Waals surface area contributed by atoms with Crippen molar-refractivity contribution in [1.29, 1.82) is 0 Å². The average molecular weight is 390 g/mol. The van der Waals surface area contributed by atoms with Gasteiger partial charge in [-0.05, 0) is 31.2 Å². The molecule has 1 fully saturated rings. The number of benzene rings is 2. The highest BCUT2D eigenvalue weighted by Gasteiger charge is 2.27. The van der Waals surface area contributed by atoms with Gasteiger partial charge in [0.25, 0.3) is 5.91 Å². The van der Waals surface area contributed by atoms with Crippen molar-refractivity contribution in [2.75, 3.05) is 31.1 Å². The molecular formula is C20H21ClFN3O2. The number of rotatable bonds is 4. The number of halogens is 2. The number of piperazine rings is 1. The molecule has 1 atom stereocenters. The Morgan fingerprint density at radius 1 is 1.04 bits per heavy atom.